The number of carbonyl (C=O) groups is 1. The minimum Gasteiger partial charge on any atom is -0.482 e. The molecule has 0 aromatic heterocycles. The van der Waals surface area contributed by atoms with E-state index >= 15 is 0 Å². The normalized spacial score (nSPS) is 19.2. The van der Waals surface area contributed by atoms with E-state index in [0.29, 0.717) is 22.6 Å². The van der Waals surface area contributed by atoms with Gasteiger partial charge in [-0.05, 0) is 19.1 Å². The Hall–Kier alpha value is -3.17. The summed E-state index contributed by atoms with van der Waals surface area (Å²) in [5, 5.41) is 25.4. The molecule has 1 heterocycles. The van der Waals surface area contributed by atoms with Gasteiger partial charge in [0.1, 0.15) is 11.8 Å². The van der Waals surface area contributed by atoms with Crippen LogP contribution in [0.5, 0.6) is 5.75 Å². The smallest absolute Gasteiger partial charge is 0.283 e. The number of hydrogen-bond acceptors (Lipinski definition) is 5. The van der Waals surface area contributed by atoms with Gasteiger partial charge in [0.2, 0.25) is 0 Å². The van der Waals surface area contributed by atoms with Crippen molar-refractivity contribution in [1.29, 1.82) is 5.26 Å². The predicted molar refractivity (Wildman–Crippen MR) is 91.6 cm³/mol. The van der Waals surface area contributed by atoms with Gasteiger partial charge in [-0.2, -0.15) is 15.4 Å². The Bertz CT molecular complexity index is 858. The average Bonchev–Trinajstić information content (AvgIpc) is 2.96. The lowest BCUT2D eigenvalue weighted by molar-refractivity contribution is -0.159. The van der Waals surface area contributed by atoms with Gasteiger partial charge in [-0.3, -0.25) is 4.79 Å². The van der Waals surface area contributed by atoms with Crippen LogP contribution in [0.3, 0.4) is 0 Å². The molecule has 0 fully saturated rings. The van der Waals surface area contributed by atoms with E-state index in [9.17, 15) is 9.90 Å². The van der Waals surface area contributed by atoms with Gasteiger partial charge >= 0.3 is 0 Å². The van der Waals surface area contributed by atoms with E-state index < -0.39 is 11.6 Å². The van der Waals surface area contributed by atoms with Crippen molar-refractivity contribution in [2.75, 3.05) is 6.61 Å². The zero-order valence-electron chi connectivity index (χ0n) is 13.7. The third-order valence-electron chi connectivity index (χ3n) is 3.95. The number of para-hydroxylation sites is 1. The fourth-order valence-electron chi connectivity index (χ4n) is 2.80. The first-order valence-electron chi connectivity index (χ1n) is 7.81. The zero-order valence-corrected chi connectivity index (χ0v) is 13.7. The number of nitriles is 1. The fourth-order valence-corrected chi connectivity index (χ4v) is 2.80. The second-order valence-corrected chi connectivity index (χ2v) is 5.80. The monoisotopic (exact) mass is 335 g/mol. The predicted octanol–water partition coefficient (Wildman–Crippen LogP) is 2.39. The van der Waals surface area contributed by atoms with Gasteiger partial charge in [0.25, 0.3) is 5.91 Å². The summed E-state index contributed by atoms with van der Waals surface area (Å²) >= 11 is 0. The topological polar surface area (TPSA) is 85.9 Å². The van der Waals surface area contributed by atoms with Crippen molar-refractivity contribution in [2.45, 2.75) is 19.1 Å². The second-order valence-electron chi connectivity index (χ2n) is 5.80. The molecule has 0 aliphatic carbocycles. The summed E-state index contributed by atoms with van der Waals surface area (Å²) in [5.74, 6) is -0.169. The molecule has 0 bridgehead atoms. The molecule has 25 heavy (non-hydrogen) atoms. The zero-order chi connectivity index (χ0) is 17.9. The maximum atomic E-state index is 12.6. The van der Waals surface area contributed by atoms with Crippen LogP contribution in [0.25, 0.3) is 0 Å². The summed E-state index contributed by atoms with van der Waals surface area (Å²) in [5.41, 5.74) is 0.0498. The molecule has 2 aromatic carbocycles. The number of ether oxygens (including phenoxy) is 1. The molecular weight excluding hydrogens is 318 g/mol. The second kappa shape index (κ2) is 6.75. The maximum absolute atomic E-state index is 12.6. The van der Waals surface area contributed by atoms with Crippen molar-refractivity contribution in [1.82, 2.24) is 5.01 Å². The van der Waals surface area contributed by atoms with Gasteiger partial charge in [0.05, 0.1) is 5.56 Å². The number of aliphatic hydroxyl groups is 1. The lowest BCUT2D eigenvalue weighted by Gasteiger charge is -2.31. The Morgan fingerprint density at radius 3 is 2.68 bits per heavy atom. The van der Waals surface area contributed by atoms with Gasteiger partial charge in [-0.15, -0.1) is 0 Å². The first-order chi connectivity index (χ1) is 12.0. The number of benzene rings is 2. The summed E-state index contributed by atoms with van der Waals surface area (Å²) in [6.45, 7) is 1.43. The van der Waals surface area contributed by atoms with Crippen molar-refractivity contribution in [3.8, 4) is 11.8 Å². The Balaban J connectivity index is 1.79. The minimum absolute atomic E-state index is 0.234. The number of carbonyl (C=O) groups excluding carboxylic acids is 1. The van der Waals surface area contributed by atoms with Crippen molar-refractivity contribution >= 4 is 11.6 Å². The summed E-state index contributed by atoms with van der Waals surface area (Å²) < 4.78 is 5.47. The highest BCUT2D eigenvalue weighted by Crippen LogP contribution is 2.35. The molecule has 6 nitrogen and oxygen atoms in total. The number of hydrogen-bond donors (Lipinski definition) is 1. The number of amides is 1. The molecule has 3 rings (SSSR count). The Labute approximate surface area is 145 Å². The SMILES string of the molecule is CC1=NN(C(=O)COc2ccccc2C#N)[C@](O)(c2ccccc2)C1. The third-order valence-corrected chi connectivity index (χ3v) is 3.95. The first kappa shape index (κ1) is 16.7. The largest absolute Gasteiger partial charge is 0.482 e. The van der Waals surface area contributed by atoms with Crippen molar-refractivity contribution < 1.29 is 14.6 Å². The highest BCUT2D eigenvalue weighted by Gasteiger charge is 2.44. The standard InChI is InChI=1S/C19H17N3O3/c1-14-11-19(24,16-8-3-2-4-9-16)22(21-14)18(23)13-25-17-10-6-5-7-15(17)12-20/h2-10,24H,11,13H2,1H3/t19-/m1/s1. The van der Waals surface area contributed by atoms with E-state index in [4.69, 9.17) is 10.00 Å². The summed E-state index contributed by atoms with van der Waals surface area (Å²) in [7, 11) is 0. The molecule has 6 heteroatoms. The molecule has 1 aliphatic heterocycles. The molecule has 1 atom stereocenters. The highest BCUT2D eigenvalue weighted by atomic mass is 16.5. The molecule has 1 aliphatic rings. The highest BCUT2D eigenvalue weighted by molar-refractivity contribution is 5.89. The summed E-state index contributed by atoms with van der Waals surface area (Å²) in [6, 6.07) is 17.6. The van der Waals surface area contributed by atoms with Crippen LogP contribution in [0.4, 0.5) is 0 Å². The molecular formula is C19H17N3O3. The van der Waals surface area contributed by atoms with Crippen LogP contribution in [0.15, 0.2) is 59.7 Å². The van der Waals surface area contributed by atoms with Crippen LogP contribution in [0.1, 0.15) is 24.5 Å². The molecule has 1 N–H and O–H groups in total. The third kappa shape index (κ3) is 3.23. The Morgan fingerprint density at radius 2 is 1.96 bits per heavy atom. The maximum Gasteiger partial charge on any atom is 0.283 e. The minimum atomic E-state index is -1.53. The number of hydrazone groups is 1. The molecule has 1 amide bonds. The Morgan fingerprint density at radius 1 is 1.28 bits per heavy atom. The van der Waals surface area contributed by atoms with E-state index in [0.717, 1.165) is 5.01 Å². The molecule has 126 valence electrons. The molecule has 0 saturated carbocycles. The number of nitrogens with zero attached hydrogens (tertiary/aromatic N) is 3. The summed E-state index contributed by atoms with van der Waals surface area (Å²) in [4.78, 5) is 12.6. The van der Waals surface area contributed by atoms with Gasteiger partial charge in [-0.25, -0.2) is 0 Å². The van der Waals surface area contributed by atoms with Crippen LogP contribution >= 0.6 is 0 Å². The Kier molecular flexibility index (Phi) is 4.50. The average molecular weight is 335 g/mol. The first-order valence-corrected chi connectivity index (χ1v) is 7.81. The van der Waals surface area contributed by atoms with Crippen molar-refractivity contribution in [2.24, 2.45) is 5.10 Å². The van der Waals surface area contributed by atoms with Crippen LogP contribution in [-0.2, 0) is 10.5 Å². The van der Waals surface area contributed by atoms with Crippen LogP contribution < -0.4 is 4.74 Å². The van der Waals surface area contributed by atoms with Gasteiger partial charge < -0.3 is 9.84 Å². The van der Waals surface area contributed by atoms with Crippen molar-refractivity contribution in [3.63, 3.8) is 0 Å². The lowest BCUT2D eigenvalue weighted by Crippen LogP contribution is -2.45. The van der Waals surface area contributed by atoms with E-state index in [1.807, 2.05) is 12.1 Å². The van der Waals surface area contributed by atoms with Gasteiger partial charge in [-0.1, -0.05) is 42.5 Å². The molecule has 0 spiro atoms. The van der Waals surface area contributed by atoms with E-state index in [1.54, 1.807) is 55.5 Å². The van der Waals surface area contributed by atoms with Crippen LogP contribution in [0.2, 0.25) is 0 Å². The van der Waals surface area contributed by atoms with Crippen LogP contribution in [-0.4, -0.2) is 28.3 Å². The molecule has 2 aromatic rings. The summed E-state index contributed by atoms with van der Waals surface area (Å²) in [6.07, 6.45) is 0.234. The van der Waals surface area contributed by atoms with Crippen LogP contribution in [0, 0.1) is 11.3 Å². The molecule has 0 saturated heterocycles. The van der Waals surface area contributed by atoms with Crippen molar-refractivity contribution in [3.05, 3.63) is 65.7 Å². The van der Waals surface area contributed by atoms with Gasteiger partial charge in [0.15, 0.2) is 12.3 Å². The van der Waals surface area contributed by atoms with Gasteiger partial charge in [0, 0.05) is 17.7 Å². The number of rotatable bonds is 4. The van der Waals surface area contributed by atoms with E-state index in [1.165, 1.54) is 0 Å². The lowest BCUT2D eigenvalue weighted by atomic mass is 9.98. The fraction of sp³-hybridized carbons (Fsp3) is 0.211. The van der Waals surface area contributed by atoms with E-state index in [2.05, 4.69) is 5.10 Å². The quantitative estimate of drug-likeness (QED) is 0.929. The molecule has 0 radical (unpaired) electrons. The van der Waals surface area contributed by atoms with E-state index in [-0.39, 0.29) is 13.0 Å². The molecule has 0 unspecified atom stereocenters.